The molecule has 1 amide bonds. The van der Waals surface area contributed by atoms with Gasteiger partial charge in [-0.3, -0.25) is 9.48 Å². The maximum absolute atomic E-state index is 12.0. The molecule has 5 heteroatoms. The Labute approximate surface area is 108 Å². The molecule has 0 radical (unpaired) electrons. The molecule has 1 saturated heterocycles. The summed E-state index contributed by atoms with van der Waals surface area (Å²) >= 11 is 0. The lowest BCUT2D eigenvalue weighted by Crippen LogP contribution is -2.30. The Hall–Kier alpha value is -1.52. The summed E-state index contributed by atoms with van der Waals surface area (Å²) in [5.41, 5.74) is 2.13. The van der Waals surface area contributed by atoms with Crippen molar-refractivity contribution in [1.82, 2.24) is 14.7 Å². The van der Waals surface area contributed by atoms with E-state index in [0.717, 1.165) is 42.9 Å². The normalized spacial score (nSPS) is 16.8. The fourth-order valence-corrected chi connectivity index (χ4v) is 2.60. The Morgan fingerprint density at radius 1 is 1.33 bits per heavy atom. The van der Waals surface area contributed by atoms with Crippen molar-refractivity contribution in [3.63, 3.8) is 0 Å². The third kappa shape index (κ3) is 2.49. The van der Waals surface area contributed by atoms with Crippen LogP contribution in [0.4, 0.5) is 5.82 Å². The Balaban J connectivity index is 2.19. The molecule has 1 aromatic rings. The lowest BCUT2D eigenvalue weighted by Gasteiger charge is -2.21. The molecule has 0 aliphatic carbocycles. The summed E-state index contributed by atoms with van der Waals surface area (Å²) in [6.45, 7) is 3.55. The van der Waals surface area contributed by atoms with Crippen molar-refractivity contribution in [1.29, 1.82) is 0 Å². The number of amides is 1. The van der Waals surface area contributed by atoms with Gasteiger partial charge in [0, 0.05) is 32.6 Å². The van der Waals surface area contributed by atoms with Crippen molar-refractivity contribution >= 4 is 11.7 Å². The van der Waals surface area contributed by atoms with E-state index >= 15 is 0 Å². The Morgan fingerprint density at radius 3 is 2.83 bits per heavy atom. The molecule has 0 unspecified atom stereocenters. The van der Waals surface area contributed by atoms with Gasteiger partial charge in [0.15, 0.2) is 0 Å². The zero-order valence-corrected chi connectivity index (χ0v) is 11.5. The highest BCUT2D eigenvalue weighted by atomic mass is 16.2. The SMILES string of the molecule is CNc1c(CN2CCCCCC2=O)c(C)nn1C. The zero-order chi connectivity index (χ0) is 13.1. The molecule has 18 heavy (non-hydrogen) atoms. The first-order chi connectivity index (χ1) is 8.63. The smallest absolute Gasteiger partial charge is 0.222 e. The first-order valence-corrected chi connectivity index (χ1v) is 6.61. The van der Waals surface area contributed by atoms with Crippen LogP contribution in [0.25, 0.3) is 0 Å². The van der Waals surface area contributed by atoms with Crippen LogP contribution in [0.2, 0.25) is 0 Å². The van der Waals surface area contributed by atoms with Crippen LogP contribution >= 0.6 is 0 Å². The molecule has 1 aliphatic heterocycles. The van der Waals surface area contributed by atoms with E-state index in [1.807, 2.05) is 30.6 Å². The first kappa shape index (κ1) is 12.9. The molecular formula is C13H22N4O. The minimum absolute atomic E-state index is 0.276. The van der Waals surface area contributed by atoms with Gasteiger partial charge in [-0.2, -0.15) is 5.10 Å². The van der Waals surface area contributed by atoms with Gasteiger partial charge in [-0.25, -0.2) is 0 Å². The number of carbonyl (C=O) groups excluding carboxylic acids is 1. The van der Waals surface area contributed by atoms with E-state index < -0.39 is 0 Å². The minimum atomic E-state index is 0.276. The summed E-state index contributed by atoms with van der Waals surface area (Å²) in [7, 11) is 3.82. The summed E-state index contributed by atoms with van der Waals surface area (Å²) in [5, 5.41) is 7.58. The van der Waals surface area contributed by atoms with Crippen LogP contribution in [0.5, 0.6) is 0 Å². The zero-order valence-electron chi connectivity index (χ0n) is 11.5. The predicted molar refractivity (Wildman–Crippen MR) is 71.4 cm³/mol. The predicted octanol–water partition coefficient (Wildman–Crippen LogP) is 1.67. The number of hydrogen-bond acceptors (Lipinski definition) is 3. The van der Waals surface area contributed by atoms with Gasteiger partial charge in [-0.1, -0.05) is 6.42 Å². The van der Waals surface area contributed by atoms with E-state index in [9.17, 15) is 4.79 Å². The number of nitrogens with zero attached hydrogens (tertiary/aromatic N) is 3. The fourth-order valence-electron chi connectivity index (χ4n) is 2.60. The van der Waals surface area contributed by atoms with E-state index in [0.29, 0.717) is 13.0 Å². The standard InChI is InChI=1S/C13H22N4O/c1-10-11(13(14-2)16(3)15-10)9-17-8-6-4-5-7-12(17)18/h14H,4-9H2,1-3H3. The monoisotopic (exact) mass is 250 g/mol. The number of likely N-dealkylation sites (tertiary alicyclic amines) is 1. The maximum Gasteiger partial charge on any atom is 0.222 e. The largest absolute Gasteiger partial charge is 0.373 e. The summed E-state index contributed by atoms with van der Waals surface area (Å²) in [4.78, 5) is 14.0. The summed E-state index contributed by atoms with van der Waals surface area (Å²) in [6.07, 6.45) is 3.99. The van der Waals surface area contributed by atoms with Gasteiger partial charge in [0.1, 0.15) is 5.82 Å². The molecule has 1 fully saturated rings. The number of carbonyl (C=O) groups is 1. The molecule has 0 aromatic carbocycles. The van der Waals surface area contributed by atoms with Gasteiger partial charge in [0.25, 0.3) is 0 Å². The number of aryl methyl sites for hydroxylation is 2. The maximum atomic E-state index is 12.0. The van der Waals surface area contributed by atoms with E-state index in [1.54, 1.807) is 0 Å². The Morgan fingerprint density at radius 2 is 2.11 bits per heavy atom. The van der Waals surface area contributed by atoms with Crippen molar-refractivity contribution in [2.75, 3.05) is 18.9 Å². The Kier molecular flexibility index (Phi) is 3.89. The second-order valence-electron chi connectivity index (χ2n) is 4.91. The lowest BCUT2D eigenvalue weighted by molar-refractivity contribution is -0.131. The molecule has 0 saturated carbocycles. The minimum Gasteiger partial charge on any atom is -0.373 e. The van der Waals surface area contributed by atoms with Crippen LogP contribution < -0.4 is 5.32 Å². The average molecular weight is 250 g/mol. The molecule has 1 aromatic heterocycles. The Bertz CT molecular complexity index is 438. The number of rotatable bonds is 3. The third-order valence-electron chi connectivity index (χ3n) is 3.60. The highest BCUT2D eigenvalue weighted by Gasteiger charge is 2.20. The molecular weight excluding hydrogens is 228 g/mol. The van der Waals surface area contributed by atoms with Crippen molar-refractivity contribution in [3.8, 4) is 0 Å². The van der Waals surface area contributed by atoms with Crippen molar-refractivity contribution in [2.45, 2.75) is 39.2 Å². The van der Waals surface area contributed by atoms with Gasteiger partial charge < -0.3 is 10.2 Å². The second kappa shape index (κ2) is 5.42. The summed E-state index contributed by atoms with van der Waals surface area (Å²) < 4.78 is 1.84. The summed E-state index contributed by atoms with van der Waals surface area (Å²) in [6, 6.07) is 0. The number of aromatic nitrogens is 2. The van der Waals surface area contributed by atoms with Crippen LogP contribution in [-0.2, 0) is 18.4 Å². The van der Waals surface area contributed by atoms with Gasteiger partial charge in [-0.05, 0) is 19.8 Å². The van der Waals surface area contributed by atoms with Crippen LogP contribution in [0.1, 0.15) is 36.9 Å². The molecule has 0 spiro atoms. The molecule has 2 rings (SSSR count). The van der Waals surface area contributed by atoms with Gasteiger partial charge >= 0.3 is 0 Å². The van der Waals surface area contributed by atoms with Crippen LogP contribution in [0.15, 0.2) is 0 Å². The van der Waals surface area contributed by atoms with Crippen molar-refractivity contribution < 1.29 is 4.79 Å². The molecule has 0 atom stereocenters. The second-order valence-corrected chi connectivity index (χ2v) is 4.91. The molecule has 0 bridgehead atoms. The average Bonchev–Trinajstić information content (AvgIpc) is 2.49. The quantitative estimate of drug-likeness (QED) is 0.888. The first-order valence-electron chi connectivity index (χ1n) is 6.61. The third-order valence-corrected chi connectivity index (χ3v) is 3.60. The van der Waals surface area contributed by atoms with Gasteiger partial charge in [-0.15, -0.1) is 0 Å². The molecule has 1 aliphatic rings. The van der Waals surface area contributed by atoms with E-state index in [1.165, 1.54) is 0 Å². The van der Waals surface area contributed by atoms with Gasteiger partial charge in [0.05, 0.1) is 12.2 Å². The lowest BCUT2D eigenvalue weighted by atomic mass is 10.2. The molecule has 100 valence electrons. The highest BCUT2D eigenvalue weighted by molar-refractivity contribution is 5.76. The van der Waals surface area contributed by atoms with E-state index in [-0.39, 0.29) is 5.91 Å². The van der Waals surface area contributed by atoms with E-state index in [2.05, 4.69) is 10.4 Å². The van der Waals surface area contributed by atoms with E-state index in [4.69, 9.17) is 0 Å². The van der Waals surface area contributed by atoms with Crippen LogP contribution in [0, 0.1) is 6.92 Å². The van der Waals surface area contributed by atoms with Crippen molar-refractivity contribution in [3.05, 3.63) is 11.3 Å². The summed E-state index contributed by atoms with van der Waals surface area (Å²) in [5.74, 6) is 1.28. The fraction of sp³-hybridized carbons (Fsp3) is 0.692. The number of hydrogen-bond donors (Lipinski definition) is 1. The number of anilines is 1. The van der Waals surface area contributed by atoms with Crippen molar-refractivity contribution in [2.24, 2.45) is 7.05 Å². The van der Waals surface area contributed by atoms with Crippen LogP contribution in [0.3, 0.4) is 0 Å². The topological polar surface area (TPSA) is 50.2 Å². The molecule has 2 heterocycles. The highest BCUT2D eigenvalue weighted by Crippen LogP contribution is 2.22. The molecule has 5 nitrogen and oxygen atoms in total. The molecule has 1 N–H and O–H groups in total. The van der Waals surface area contributed by atoms with Crippen LogP contribution in [-0.4, -0.2) is 34.2 Å². The number of nitrogens with one attached hydrogen (secondary N) is 1. The van der Waals surface area contributed by atoms with Gasteiger partial charge in [0.2, 0.25) is 5.91 Å².